The van der Waals surface area contributed by atoms with Crippen LogP contribution < -0.4 is 0 Å². The number of hydrogen-bond donors (Lipinski definition) is 0. The molecular weight excluding hydrogens is 301 g/mol. The molecule has 0 radical (unpaired) electrons. The first-order chi connectivity index (χ1) is 11.8. The van der Waals surface area contributed by atoms with E-state index in [1.165, 1.54) is 24.4 Å². The van der Waals surface area contributed by atoms with Crippen molar-refractivity contribution < 1.29 is 4.39 Å². The molecular formula is C20H22FN3. The molecule has 24 heavy (non-hydrogen) atoms. The average Bonchev–Trinajstić information content (AvgIpc) is 3.00. The Labute approximate surface area is 141 Å². The van der Waals surface area contributed by atoms with E-state index in [2.05, 4.69) is 32.7 Å². The molecule has 2 heterocycles. The maximum atomic E-state index is 13.3. The van der Waals surface area contributed by atoms with E-state index < -0.39 is 0 Å². The molecule has 0 saturated carbocycles. The molecule has 4 heteroatoms. The lowest BCUT2D eigenvalue weighted by Crippen LogP contribution is -2.34. The van der Waals surface area contributed by atoms with Gasteiger partial charge in [-0.2, -0.15) is 0 Å². The summed E-state index contributed by atoms with van der Waals surface area (Å²) in [6, 6.07) is 15.3. The number of halogens is 1. The Morgan fingerprint density at radius 3 is 2.71 bits per heavy atom. The van der Waals surface area contributed by atoms with E-state index in [4.69, 9.17) is 0 Å². The lowest BCUT2D eigenvalue weighted by molar-refractivity contribution is 0.167. The first kappa shape index (κ1) is 15.3. The summed E-state index contributed by atoms with van der Waals surface area (Å²) in [7, 11) is 0. The number of nitrogens with zero attached hydrogens (tertiary/aromatic N) is 3. The highest BCUT2D eigenvalue weighted by atomic mass is 19.1. The number of rotatable bonds is 4. The van der Waals surface area contributed by atoms with E-state index in [0.29, 0.717) is 5.92 Å². The summed E-state index contributed by atoms with van der Waals surface area (Å²) >= 11 is 0. The van der Waals surface area contributed by atoms with Crippen molar-refractivity contribution in [3.63, 3.8) is 0 Å². The van der Waals surface area contributed by atoms with Gasteiger partial charge in [-0.1, -0.05) is 24.3 Å². The summed E-state index contributed by atoms with van der Waals surface area (Å²) in [5.74, 6) is 0.542. The van der Waals surface area contributed by atoms with Gasteiger partial charge in [0.1, 0.15) is 5.82 Å². The molecule has 0 N–H and O–H groups in total. The summed E-state index contributed by atoms with van der Waals surface area (Å²) in [5, 5.41) is 0. The standard InChI is InChI=1S/C20H22FN3/c21-18-5-3-4-17(12-18)13-23-10-8-16(9-11-23)14-24-15-22-19-6-1-2-7-20(19)24/h1-7,12,15-16H,8-11,13-14H2. The van der Waals surface area contributed by atoms with Crippen LogP contribution in [0, 0.1) is 11.7 Å². The summed E-state index contributed by atoms with van der Waals surface area (Å²) in [5.41, 5.74) is 3.36. The van der Waals surface area contributed by atoms with Crippen LogP contribution in [0.1, 0.15) is 18.4 Å². The molecule has 0 atom stereocenters. The SMILES string of the molecule is Fc1cccc(CN2CCC(Cn3cnc4ccccc43)CC2)c1. The maximum absolute atomic E-state index is 13.3. The smallest absolute Gasteiger partial charge is 0.123 e. The van der Waals surface area contributed by atoms with E-state index in [0.717, 1.165) is 37.3 Å². The fourth-order valence-corrected chi connectivity index (χ4v) is 3.65. The van der Waals surface area contributed by atoms with Crippen LogP contribution >= 0.6 is 0 Å². The van der Waals surface area contributed by atoms with Crippen molar-refractivity contribution >= 4 is 11.0 Å². The predicted octanol–water partition coefficient (Wildman–Crippen LogP) is 4.09. The van der Waals surface area contributed by atoms with Crippen LogP contribution in [-0.2, 0) is 13.1 Å². The fourth-order valence-electron chi connectivity index (χ4n) is 3.65. The first-order valence-corrected chi connectivity index (χ1v) is 8.64. The van der Waals surface area contributed by atoms with Gasteiger partial charge in [-0.05, 0) is 61.7 Å². The Kier molecular flexibility index (Phi) is 4.30. The molecule has 0 bridgehead atoms. The van der Waals surface area contributed by atoms with Gasteiger partial charge in [0.25, 0.3) is 0 Å². The minimum absolute atomic E-state index is 0.144. The van der Waals surface area contributed by atoms with Gasteiger partial charge in [0.05, 0.1) is 17.4 Å². The first-order valence-electron chi connectivity index (χ1n) is 8.64. The molecule has 124 valence electrons. The number of fused-ring (bicyclic) bond motifs is 1. The summed E-state index contributed by atoms with van der Waals surface area (Å²) in [4.78, 5) is 6.91. The van der Waals surface area contributed by atoms with Crippen molar-refractivity contribution in [2.45, 2.75) is 25.9 Å². The number of likely N-dealkylation sites (tertiary alicyclic amines) is 1. The molecule has 1 aliphatic heterocycles. The van der Waals surface area contributed by atoms with E-state index in [-0.39, 0.29) is 5.82 Å². The summed E-state index contributed by atoms with van der Waals surface area (Å²) in [6.45, 7) is 4.04. The van der Waals surface area contributed by atoms with Gasteiger partial charge >= 0.3 is 0 Å². The third-order valence-electron chi connectivity index (χ3n) is 4.98. The molecule has 1 saturated heterocycles. The lowest BCUT2D eigenvalue weighted by atomic mass is 9.96. The topological polar surface area (TPSA) is 21.1 Å². The lowest BCUT2D eigenvalue weighted by Gasteiger charge is -2.32. The zero-order valence-corrected chi connectivity index (χ0v) is 13.7. The Bertz CT molecular complexity index is 818. The van der Waals surface area contributed by atoms with Gasteiger partial charge in [0, 0.05) is 13.1 Å². The highest BCUT2D eigenvalue weighted by Crippen LogP contribution is 2.23. The largest absolute Gasteiger partial charge is 0.330 e. The van der Waals surface area contributed by atoms with Crippen LogP contribution in [0.3, 0.4) is 0 Å². The molecule has 0 spiro atoms. The van der Waals surface area contributed by atoms with E-state index >= 15 is 0 Å². The Morgan fingerprint density at radius 2 is 1.88 bits per heavy atom. The van der Waals surface area contributed by atoms with Gasteiger partial charge in [-0.15, -0.1) is 0 Å². The number of hydrogen-bond acceptors (Lipinski definition) is 2. The van der Waals surface area contributed by atoms with Crippen molar-refractivity contribution in [2.24, 2.45) is 5.92 Å². The molecule has 0 aliphatic carbocycles. The Hall–Kier alpha value is -2.20. The molecule has 0 amide bonds. The van der Waals surface area contributed by atoms with Crippen molar-refractivity contribution in [1.29, 1.82) is 0 Å². The number of aromatic nitrogens is 2. The van der Waals surface area contributed by atoms with Gasteiger partial charge in [0.15, 0.2) is 0 Å². The zero-order chi connectivity index (χ0) is 16.4. The highest BCUT2D eigenvalue weighted by Gasteiger charge is 2.20. The van der Waals surface area contributed by atoms with Crippen LogP contribution in [0.4, 0.5) is 4.39 Å². The molecule has 3 nitrogen and oxygen atoms in total. The second-order valence-corrected chi connectivity index (χ2v) is 6.74. The van der Waals surface area contributed by atoms with E-state index in [1.807, 2.05) is 18.5 Å². The van der Waals surface area contributed by atoms with Crippen molar-refractivity contribution in [3.05, 3.63) is 66.2 Å². The summed E-state index contributed by atoms with van der Waals surface area (Å²) < 4.78 is 15.6. The molecule has 3 aromatic rings. The Balaban J connectivity index is 1.34. The van der Waals surface area contributed by atoms with Crippen LogP contribution in [0.25, 0.3) is 11.0 Å². The minimum atomic E-state index is -0.144. The molecule has 4 rings (SSSR count). The van der Waals surface area contributed by atoms with Gasteiger partial charge in [-0.3, -0.25) is 4.90 Å². The number of imidazole rings is 1. The van der Waals surface area contributed by atoms with Gasteiger partial charge in [0.2, 0.25) is 0 Å². The molecule has 1 fully saturated rings. The van der Waals surface area contributed by atoms with Gasteiger partial charge in [-0.25, -0.2) is 9.37 Å². The van der Waals surface area contributed by atoms with Gasteiger partial charge < -0.3 is 4.57 Å². The van der Waals surface area contributed by atoms with Crippen LogP contribution in [0.2, 0.25) is 0 Å². The predicted molar refractivity (Wildman–Crippen MR) is 94.1 cm³/mol. The zero-order valence-electron chi connectivity index (χ0n) is 13.7. The molecule has 1 aromatic heterocycles. The molecule has 1 aliphatic rings. The van der Waals surface area contributed by atoms with Crippen molar-refractivity contribution in [2.75, 3.05) is 13.1 Å². The van der Waals surface area contributed by atoms with Crippen LogP contribution in [-0.4, -0.2) is 27.5 Å². The maximum Gasteiger partial charge on any atom is 0.123 e. The summed E-state index contributed by atoms with van der Waals surface area (Å²) in [6.07, 6.45) is 4.33. The third-order valence-corrected chi connectivity index (χ3v) is 4.98. The van der Waals surface area contributed by atoms with E-state index in [1.54, 1.807) is 12.1 Å². The average molecular weight is 323 g/mol. The van der Waals surface area contributed by atoms with E-state index in [9.17, 15) is 4.39 Å². The second-order valence-electron chi connectivity index (χ2n) is 6.74. The third kappa shape index (κ3) is 3.34. The van der Waals surface area contributed by atoms with Crippen molar-refractivity contribution in [1.82, 2.24) is 14.5 Å². The Morgan fingerprint density at radius 1 is 1.04 bits per heavy atom. The molecule has 2 aromatic carbocycles. The highest BCUT2D eigenvalue weighted by molar-refractivity contribution is 5.74. The van der Waals surface area contributed by atoms with Crippen molar-refractivity contribution in [3.8, 4) is 0 Å². The minimum Gasteiger partial charge on any atom is -0.330 e. The quantitative estimate of drug-likeness (QED) is 0.721. The second kappa shape index (κ2) is 6.73. The number of para-hydroxylation sites is 2. The number of piperidine rings is 1. The normalized spacial score (nSPS) is 16.7. The van der Waals surface area contributed by atoms with Crippen LogP contribution in [0.15, 0.2) is 54.9 Å². The van der Waals surface area contributed by atoms with Crippen LogP contribution in [0.5, 0.6) is 0 Å². The fraction of sp³-hybridized carbons (Fsp3) is 0.350. The molecule has 0 unspecified atom stereocenters. The monoisotopic (exact) mass is 323 g/mol. The number of benzene rings is 2.